The molecule has 0 saturated carbocycles. The molecule has 0 spiro atoms. The molecule has 0 saturated heterocycles. The van der Waals surface area contributed by atoms with Crippen LogP contribution in [0.5, 0.6) is 0 Å². The summed E-state index contributed by atoms with van der Waals surface area (Å²) in [5.74, 6) is -1.46. The molecule has 0 aliphatic rings. The van der Waals surface area contributed by atoms with Gasteiger partial charge in [0.1, 0.15) is 0 Å². The van der Waals surface area contributed by atoms with E-state index in [1.807, 2.05) is 0 Å². The van der Waals surface area contributed by atoms with Crippen LogP contribution in [-0.4, -0.2) is 30.2 Å². The standard InChI is InChI=1S/C3H6O6S/c1-2(3(4)5)9-10(6,7)8/h2H,1H3,(H,4,5)(H,6,7,8). The maximum absolute atomic E-state index is 9.88. The number of aliphatic carboxylic acids is 1. The Labute approximate surface area is 57.4 Å². The van der Waals surface area contributed by atoms with Gasteiger partial charge in [0.15, 0.2) is 6.10 Å². The number of hydrogen-bond acceptors (Lipinski definition) is 4. The second kappa shape index (κ2) is 2.95. The molecule has 1 atom stereocenters. The van der Waals surface area contributed by atoms with Crippen molar-refractivity contribution >= 4 is 16.4 Å². The van der Waals surface area contributed by atoms with Crippen LogP contribution in [0.25, 0.3) is 0 Å². The van der Waals surface area contributed by atoms with Crippen molar-refractivity contribution in [2.24, 2.45) is 0 Å². The third-order valence-corrected chi connectivity index (χ3v) is 1.15. The van der Waals surface area contributed by atoms with E-state index in [0.717, 1.165) is 6.92 Å². The largest absolute Gasteiger partial charge is 0.479 e. The van der Waals surface area contributed by atoms with Crippen LogP contribution in [0.15, 0.2) is 0 Å². The van der Waals surface area contributed by atoms with E-state index in [1.165, 1.54) is 0 Å². The van der Waals surface area contributed by atoms with E-state index in [1.54, 1.807) is 0 Å². The smallest absolute Gasteiger partial charge is 0.398 e. The monoisotopic (exact) mass is 170 g/mol. The molecule has 0 aromatic heterocycles. The van der Waals surface area contributed by atoms with Gasteiger partial charge < -0.3 is 5.11 Å². The predicted molar refractivity (Wildman–Crippen MR) is 29.7 cm³/mol. The summed E-state index contributed by atoms with van der Waals surface area (Å²) in [5.41, 5.74) is 0. The van der Waals surface area contributed by atoms with Gasteiger partial charge in [-0.1, -0.05) is 0 Å². The molecule has 0 aromatic carbocycles. The zero-order chi connectivity index (χ0) is 8.36. The molecule has 0 amide bonds. The van der Waals surface area contributed by atoms with Gasteiger partial charge in [-0.25, -0.2) is 8.98 Å². The normalized spacial score (nSPS) is 14.6. The van der Waals surface area contributed by atoms with Gasteiger partial charge >= 0.3 is 16.4 Å². The van der Waals surface area contributed by atoms with Gasteiger partial charge in [-0.15, -0.1) is 0 Å². The summed E-state index contributed by atoms with van der Waals surface area (Å²) < 4.78 is 31.2. The topological polar surface area (TPSA) is 101 Å². The second-order valence-electron chi connectivity index (χ2n) is 1.50. The van der Waals surface area contributed by atoms with E-state index in [9.17, 15) is 13.2 Å². The fourth-order valence-electron chi connectivity index (χ4n) is 0.224. The molecule has 2 N–H and O–H groups in total. The Morgan fingerprint density at radius 1 is 1.60 bits per heavy atom. The summed E-state index contributed by atoms with van der Waals surface area (Å²) in [7, 11) is -4.65. The average Bonchev–Trinajstić information content (AvgIpc) is 1.60. The minimum absolute atomic E-state index is 0.982. The highest BCUT2D eigenvalue weighted by atomic mass is 32.3. The Morgan fingerprint density at radius 3 is 2.10 bits per heavy atom. The molecule has 60 valence electrons. The first-order valence-electron chi connectivity index (χ1n) is 2.21. The summed E-state index contributed by atoms with van der Waals surface area (Å²) in [6.45, 7) is 0.982. The molecular weight excluding hydrogens is 164 g/mol. The maximum Gasteiger partial charge on any atom is 0.398 e. The lowest BCUT2D eigenvalue weighted by Gasteiger charge is -2.02. The van der Waals surface area contributed by atoms with Crippen molar-refractivity contribution in [1.82, 2.24) is 0 Å². The predicted octanol–water partition coefficient (Wildman–Crippen LogP) is -0.721. The molecule has 0 bridgehead atoms. The van der Waals surface area contributed by atoms with Crippen LogP contribution in [0.1, 0.15) is 6.92 Å². The summed E-state index contributed by atoms with van der Waals surface area (Å²) in [6.07, 6.45) is -1.56. The summed E-state index contributed by atoms with van der Waals surface area (Å²) in [6, 6.07) is 0. The van der Waals surface area contributed by atoms with Crippen LogP contribution >= 0.6 is 0 Å². The molecule has 1 unspecified atom stereocenters. The van der Waals surface area contributed by atoms with Gasteiger partial charge in [0.05, 0.1) is 0 Å². The molecule has 0 aromatic rings. The molecule has 0 fully saturated rings. The van der Waals surface area contributed by atoms with Crippen molar-refractivity contribution < 1.29 is 27.1 Å². The fraction of sp³-hybridized carbons (Fsp3) is 0.667. The van der Waals surface area contributed by atoms with Crippen molar-refractivity contribution in [3.05, 3.63) is 0 Å². The first-order valence-corrected chi connectivity index (χ1v) is 3.58. The number of rotatable bonds is 3. The van der Waals surface area contributed by atoms with E-state index in [0.29, 0.717) is 0 Å². The van der Waals surface area contributed by atoms with Crippen molar-refractivity contribution in [1.29, 1.82) is 0 Å². The van der Waals surface area contributed by atoms with Gasteiger partial charge in [0.25, 0.3) is 0 Å². The third-order valence-electron chi connectivity index (χ3n) is 0.614. The number of carbonyl (C=O) groups is 1. The van der Waals surface area contributed by atoms with E-state index in [4.69, 9.17) is 9.66 Å². The lowest BCUT2D eigenvalue weighted by molar-refractivity contribution is -0.144. The average molecular weight is 170 g/mol. The molecule has 6 nitrogen and oxygen atoms in total. The minimum Gasteiger partial charge on any atom is -0.479 e. The zero-order valence-corrected chi connectivity index (χ0v) is 5.83. The molecular formula is C3H6O6S. The second-order valence-corrected chi connectivity index (χ2v) is 2.55. The van der Waals surface area contributed by atoms with Crippen LogP contribution in [0.2, 0.25) is 0 Å². The Balaban J connectivity index is 4.06. The van der Waals surface area contributed by atoms with Gasteiger partial charge in [-0.05, 0) is 6.92 Å². The first kappa shape index (κ1) is 9.34. The highest BCUT2D eigenvalue weighted by Gasteiger charge is 2.18. The molecule has 0 aliphatic heterocycles. The number of hydrogen-bond donors (Lipinski definition) is 2. The van der Waals surface area contributed by atoms with Gasteiger partial charge in [0.2, 0.25) is 0 Å². The Bertz CT molecular complexity index is 215. The van der Waals surface area contributed by atoms with E-state index in [-0.39, 0.29) is 0 Å². The molecule has 0 heterocycles. The highest BCUT2D eigenvalue weighted by molar-refractivity contribution is 7.80. The van der Waals surface area contributed by atoms with E-state index >= 15 is 0 Å². The van der Waals surface area contributed by atoms with Gasteiger partial charge in [-0.3, -0.25) is 4.55 Å². The van der Waals surface area contributed by atoms with Crippen LogP contribution < -0.4 is 0 Å². The molecule has 0 rings (SSSR count). The van der Waals surface area contributed by atoms with Crippen molar-refractivity contribution in [2.45, 2.75) is 13.0 Å². The molecule has 0 radical (unpaired) electrons. The summed E-state index contributed by atoms with van der Waals surface area (Å²) >= 11 is 0. The lowest BCUT2D eigenvalue weighted by atomic mass is 10.4. The number of carboxylic acids is 1. The van der Waals surface area contributed by atoms with Crippen LogP contribution in [0, 0.1) is 0 Å². The highest BCUT2D eigenvalue weighted by Crippen LogP contribution is 1.95. The quantitative estimate of drug-likeness (QED) is 0.542. The van der Waals surface area contributed by atoms with Crippen LogP contribution in [0.4, 0.5) is 0 Å². The van der Waals surface area contributed by atoms with Crippen molar-refractivity contribution in [2.75, 3.05) is 0 Å². The molecule has 7 heteroatoms. The van der Waals surface area contributed by atoms with Crippen LogP contribution in [-0.2, 0) is 19.4 Å². The SMILES string of the molecule is CC(OS(=O)(=O)O)C(=O)O. The molecule has 0 aliphatic carbocycles. The summed E-state index contributed by atoms with van der Waals surface area (Å²) in [5, 5.41) is 8.04. The van der Waals surface area contributed by atoms with Crippen molar-refractivity contribution in [3.8, 4) is 0 Å². The first-order chi connectivity index (χ1) is 4.33. The van der Waals surface area contributed by atoms with E-state index in [2.05, 4.69) is 4.18 Å². The minimum atomic E-state index is -4.65. The van der Waals surface area contributed by atoms with Crippen molar-refractivity contribution in [3.63, 3.8) is 0 Å². The summed E-state index contributed by atoms with van der Waals surface area (Å²) in [4.78, 5) is 9.88. The lowest BCUT2D eigenvalue weighted by Crippen LogP contribution is -2.23. The maximum atomic E-state index is 9.88. The van der Waals surface area contributed by atoms with E-state index < -0.39 is 22.5 Å². The third kappa shape index (κ3) is 4.24. The van der Waals surface area contributed by atoms with Gasteiger partial charge in [-0.2, -0.15) is 8.42 Å². The van der Waals surface area contributed by atoms with Crippen LogP contribution in [0.3, 0.4) is 0 Å². The zero-order valence-electron chi connectivity index (χ0n) is 5.01. The Morgan fingerprint density at radius 2 is 2.00 bits per heavy atom. The number of carboxylic acid groups (broad SMARTS) is 1. The Hall–Kier alpha value is -0.660. The fourth-order valence-corrected chi connectivity index (χ4v) is 0.671. The molecule has 10 heavy (non-hydrogen) atoms. The van der Waals surface area contributed by atoms with Gasteiger partial charge in [0, 0.05) is 0 Å². The Kier molecular flexibility index (Phi) is 2.76.